The van der Waals surface area contributed by atoms with Gasteiger partial charge in [0.1, 0.15) is 0 Å². The lowest BCUT2D eigenvalue weighted by atomic mass is 10.0. The standard InChI is InChI=1S/C14H24N4O2/c1-3-16-13(19)10-17-4-6-18(7-5-17)14(20)11(2)12-8-15-9-12/h15H,3-10H2,1-2H3,(H,16,19). The van der Waals surface area contributed by atoms with Crippen LogP contribution in [0, 0.1) is 0 Å². The van der Waals surface area contributed by atoms with Crippen molar-refractivity contribution in [3.05, 3.63) is 11.1 Å². The molecule has 2 N–H and O–H groups in total. The van der Waals surface area contributed by atoms with E-state index in [1.807, 2.05) is 18.7 Å². The third kappa shape index (κ3) is 3.58. The second kappa shape index (κ2) is 6.85. The first-order valence-electron chi connectivity index (χ1n) is 7.29. The molecule has 0 atom stereocenters. The summed E-state index contributed by atoms with van der Waals surface area (Å²) in [4.78, 5) is 27.8. The molecule has 0 aromatic heterocycles. The molecule has 0 saturated carbocycles. The fourth-order valence-corrected chi connectivity index (χ4v) is 2.47. The Morgan fingerprint density at radius 1 is 1.20 bits per heavy atom. The molecule has 0 aromatic rings. The first-order chi connectivity index (χ1) is 9.61. The van der Waals surface area contributed by atoms with Crippen LogP contribution in [-0.4, -0.2) is 74.0 Å². The highest BCUT2D eigenvalue weighted by molar-refractivity contribution is 5.94. The van der Waals surface area contributed by atoms with Crippen molar-refractivity contribution >= 4 is 11.8 Å². The van der Waals surface area contributed by atoms with E-state index in [0.29, 0.717) is 26.2 Å². The molecule has 2 rings (SSSR count). The van der Waals surface area contributed by atoms with Gasteiger partial charge in [0.15, 0.2) is 0 Å². The Labute approximate surface area is 120 Å². The molecule has 0 spiro atoms. The van der Waals surface area contributed by atoms with Crippen molar-refractivity contribution in [2.75, 3.05) is 52.4 Å². The lowest BCUT2D eigenvalue weighted by Gasteiger charge is -2.35. The van der Waals surface area contributed by atoms with Crippen molar-refractivity contribution in [2.45, 2.75) is 13.8 Å². The maximum atomic E-state index is 12.3. The Bertz CT molecular complexity index is 405. The summed E-state index contributed by atoms with van der Waals surface area (Å²) >= 11 is 0. The van der Waals surface area contributed by atoms with Gasteiger partial charge >= 0.3 is 0 Å². The van der Waals surface area contributed by atoms with Crippen LogP contribution in [0.2, 0.25) is 0 Å². The molecule has 6 nitrogen and oxygen atoms in total. The number of piperazine rings is 1. The number of rotatable bonds is 4. The Morgan fingerprint density at radius 2 is 1.85 bits per heavy atom. The van der Waals surface area contributed by atoms with Crippen LogP contribution >= 0.6 is 0 Å². The Morgan fingerprint density at radius 3 is 2.35 bits per heavy atom. The van der Waals surface area contributed by atoms with E-state index >= 15 is 0 Å². The fourth-order valence-electron chi connectivity index (χ4n) is 2.47. The van der Waals surface area contributed by atoms with Crippen LogP contribution in [-0.2, 0) is 9.59 Å². The molecule has 2 amide bonds. The molecule has 0 bridgehead atoms. The van der Waals surface area contributed by atoms with Crippen LogP contribution in [0.3, 0.4) is 0 Å². The van der Waals surface area contributed by atoms with Gasteiger partial charge in [-0.15, -0.1) is 0 Å². The van der Waals surface area contributed by atoms with Gasteiger partial charge in [-0.3, -0.25) is 14.5 Å². The molecule has 2 fully saturated rings. The highest BCUT2D eigenvalue weighted by atomic mass is 16.2. The van der Waals surface area contributed by atoms with Crippen LogP contribution in [0.1, 0.15) is 13.8 Å². The summed E-state index contributed by atoms with van der Waals surface area (Å²) in [6, 6.07) is 0. The number of carbonyl (C=O) groups excluding carboxylic acids is 2. The Kier molecular flexibility index (Phi) is 5.14. The zero-order chi connectivity index (χ0) is 14.5. The number of carbonyl (C=O) groups is 2. The van der Waals surface area contributed by atoms with Gasteiger partial charge in [-0.25, -0.2) is 0 Å². The van der Waals surface area contributed by atoms with Gasteiger partial charge in [-0.05, 0) is 19.4 Å². The van der Waals surface area contributed by atoms with Gasteiger partial charge in [-0.2, -0.15) is 0 Å². The molecule has 2 aliphatic heterocycles. The summed E-state index contributed by atoms with van der Waals surface area (Å²) in [7, 11) is 0. The van der Waals surface area contributed by atoms with Crippen LogP contribution in [0.5, 0.6) is 0 Å². The summed E-state index contributed by atoms with van der Waals surface area (Å²) < 4.78 is 0. The number of hydrogen-bond donors (Lipinski definition) is 2. The summed E-state index contributed by atoms with van der Waals surface area (Å²) in [5, 5.41) is 5.96. The van der Waals surface area contributed by atoms with E-state index in [1.165, 1.54) is 5.57 Å². The average Bonchev–Trinajstić information content (AvgIpc) is 2.37. The van der Waals surface area contributed by atoms with Gasteiger partial charge in [0.25, 0.3) is 0 Å². The van der Waals surface area contributed by atoms with Crippen molar-refractivity contribution in [1.29, 1.82) is 0 Å². The zero-order valence-corrected chi connectivity index (χ0v) is 12.4. The summed E-state index contributed by atoms with van der Waals surface area (Å²) in [6.45, 7) is 9.56. The highest BCUT2D eigenvalue weighted by Crippen LogP contribution is 2.13. The summed E-state index contributed by atoms with van der Waals surface area (Å²) in [5.41, 5.74) is 2.11. The Hall–Kier alpha value is -1.40. The van der Waals surface area contributed by atoms with Crippen LogP contribution in [0.15, 0.2) is 11.1 Å². The number of likely N-dealkylation sites (N-methyl/N-ethyl adjacent to an activating group) is 1. The maximum absolute atomic E-state index is 12.3. The minimum atomic E-state index is 0.0612. The monoisotopic (exact) mass is 280 g/mol. The fraction of sp³-hybridized carbons (Fsp3) is 0.714. The number of amides is 2. The van der Waals surface area contributed by atoms with Crippen LogP contribution in [0.25, 0.3) is 0 Å². The average molecular weight is 280 g/mol. The first kappa shape index (κ1) is 15.0. The normalized spacial score (nSPS) is 19.5. The SMILES string of the molecule is CCNC(=O)CN1CCN(C(=O)C(C)=C2CNC2)CC1. The van der Waals surface area contributed by atoms with E-state index in [2.05, 4.69) is 15.5 Å². The minimum Gasteiger partial charge on any atom is -0.355 e. The second-order valence-electron chi connectivity index (χ2n) is 5.35. The van der Waals surface area contributed by atoms with Gasteiger partial charge < -0.3 is 15.5 Å². The van der Waals surface area contributed by atoms with E-state index in [-0.39, 0.29) is 11.8 Å². The molecule has 0 aliphatic carbocycles. The maximum Gasteiger partial charge on any atom is 0.249 e. The van der Waals surface area contributed by atoms with Crippen molar-refractivity contribution in [1.82, 2.24) is 20.4 Å². The van der Waals surface area contributed by atoms with E-state index in [4.69, 9.17) is 0 Å². The van der Waals surface area contributed by atoms with Gasteiger partial charge in [0, 0.05) is 51.4 Å². The predicted molar refractivity (Wildman–Crippen MR) is 77.3 cm³/mol. The van der Waals surface area contributed by atoms with E-state index in [9.17, 15) is 9.59 Å². The molecule has 20 heavy (non-hydrogen) atoms. The van der Waals surface area contributed by atoms with Crippen LogP contribution < -0.4 is 10.6 Å². The molecule has 2 heterocycles. The number of hydrogen-bond acceptors (Lipinski definition) is 4. The number of nitrogens with zero attached hydrogens (tertiary/aromatic N) is 2. The largest absolute Gasteiger partial charge is 0.355 e. The predicted octanol–water partition coefficient (Wildman–Crippen LogP) is -0.814. The van der Waals surface area contributed by atoms with E-state index in [0.717, 1.165) is 31.8 Å². The van der Waals surface area contributed by atoms with Crippen molar-refractivity contribution in [3.63, 3.8) is 0 Å². The number of nitrogens with one attached hydrogen (secondary N) is 2. The van der Waals surface area contributed by atoms with Crippen molar-refractivity contribution < 1.29 is 9.59 Å². The van der Waals surface area contributed by atoms with Crippen LogP contribution in [0.4, 0.5) is 0 Å². The van der Waals surface area contributed by atoms with E-state index in [1.54, 1.807) is 0 Å². The van der Waals surface area contributed by atoms with Crippen molar-refractivity contribution in [2.24, 2.45) is 0 Å². The second-order valence-corrected chi connectivity index (χ2v) is 5.35. The summed E-state index contributed by atoms with van der Waals surface area (Å²) in [6.07, 6.45) is 0. The molecule has 2 aliphatic rings. The molecule has 0 radical (unpaired) electrons. The zero-order valence-electron chi connectivity index (χ0n) is 12.4. The van der Waals surface area contributed by atoms with Gasteiger partial charge in [0.2, 0.25) is 11.8 Å². The molecular formula is C14H24N4O2. The highest BCUT2D eigenvalue weighted by Gasteiger charge is 2.25. The van der Waals surface area contributed by atoms with Gasteiger partial charge in [-0.1, -0.05) is 0 Å². The smallest absolute Gasteiger partial charge is 0.249 e. The van der Waals surface area contributed by atoms with Crippen molar-refractivity contribution in [3.8, 4) is 0 Å². The molecule has 112 valence electrons. The van der Waals surface area contributed by atoms with Gasteiger partial charge in [0.05, 0.1) is 6.54 Å². The molecule has 0 unspecified atom stereocenters. The van der Waals surface area contributed by atoms with E-state index < -0.39 is 0 Å². The lowest BCUT2D eigenvalue weighted by Crippen LogP contribution is -2.51. The third-order valence-electron chi connectivity index (χ3n) is 3.93. The molecule has 0 aromatic carbocycles. The Balaban J connectivity index is 1.79. The molecular weight excluding hydrogens is 256 g/mol. The first-order valence-corrected chi connectivity index (χ1v) is 7.29. The lowest BCUT2D eigenvalue weighted by molar-refractivity contribution is -0.129. The minimum absolute atomic E-state index is 0.0612. The third-order valence-corrected chi connectivity index (χ3v) is 3.93. The quantitative estimate of drug-likeness (QED) is 0.661. The molecule has 2 saturated heterocycles. The molecule has 6 heteroatoms. The summed E-state index contributed by atoms with van der Waals surface area (Å²) in [5.74, 6) is 0.213. The topological polar surface area (TPSA) is 64.7 Å².